The van der Waals surface area contributed by atoms with Gasteiger partial charge >= 0.3 is 0 Å². The summed E-state index contributed by atoms with van der Waals surface area (Å²) in [5.41, 5.74) is 14.7. The van der Waals surface area contributed by atoms with Crippen molar-refractivity contribution < 1.29 is 0 Å². The number of hydrogen-bond donors (Lipinski definition) is 0. The summed E-state index contributed by atoms with van der Waals surface area (Å²) in [6.07, 6.45) is 0. The van der Waals surface area contributed by atoms with Crippen LogP contribution in [0.1, 0.15) is 101 Å². The lowest BCUT2D eigenvalue weighted by Crippen LogP contribution is -2.09. The molecule has 6 rings (SSSR count). The predicted molar refractivity (Wildman–Crippen MR) is 238 cm³/mol. The lowest BCUT2D eigenvalue weighted by molar-refractivity contribution is 0.590. The highest BCUT2D eigenvalue weighted by Crippen LogP contribution is 2.37. The normalized spacial score (nSPS) is 11.5. The first kappa shape index (κ1) is 37.6. The molecule has 6 aliphatic rings. The number of fused-ring (bicyclic) bond motifs is 3. The summed E-state index contributed by atoms with van der Waals surface area (Å²) in [6.45, 7) is 20.1. The van der Waals surface area contributed by atoms with E-state index in [1.807, 2.05) is 0 Å². The molecule has 0 aromatic carbocycles. The molecule has 0 spiro atoms. The minimum absolute atomic E-state index is 0.0132. The minimum atomic E-state index is 0.0132. The Morgan fingerprint density at radius 2 is 0.558 bits per heavy atom. The number of rotatable bonds is 0. The number of halogens is 2. The first-order valence-electron chi connectivity index (χ1n) is 17.6. The van der Waals surface area contributed by atoms with Gasteiger partial charge in [-0.25, -0.2) is 0 Å². The zero-order chi connectivity index (χ0) is 37.4. The van der Waals surface area contributed by atoms with Crippen LogP contribution in [0, 0.1) is 54.5 Å². The summed E-state index contributed by atoms with van der Waals surface area (Å²) in [4.78, 5) is 0. The molecule has 0 N–H and O–H groups in total. The molecule has 0 radical (unpaired) electrons. The van der Waals surface area contributed by atoms with Gasteiger partial charge in [-0.3, -0.25) is 0 Å². The molecule has 0 bridgehead atoms. The van der Waals surface area contributed by atoms with Crippen molar-refractivity contribution in [1.29, 1.82) is 0 Å². The Bertz CT molecular complexity index is 2330. The molecular formula is C50H42I2. The minimum Gasteiger partial charge on any atom is -0.0579 e. The van der Waals surface area contributed by atoms with E-state index in [4.69, 9.17) is 0 Å². The Morgan fingerprint density at radius 3 is 0.827 bits per heavy atom. The lowest BCUT2D eigenvalue weighted by Gasteiger charge is -2.17. The van der Waals surface area contributed by atoms with E-state index in [-0.39, 0.29) is 16.2 Å². The van der Waals surface area contributed by atoms with E-state index in [1.165, 1.54) is 35.0 Å². The van der Waals surface area contributed by atoms with Crippen LogP contribution in [0.3, 0.4) is 0 Å². The van der Waals surface area contributed by atoms with Gasteiger partial charge in [-0.15, -0.1) is 0 Å². The van der Waals surface area contributed by atoms with Gasteiger partial charge in [-0.1, -0.05) is 159 Å². The van der Waals surface area contributed by atoms with Crippen LogP contribution >= 0.6 is 45.2 Å². The van der Waals surface area contributed by atoms with Crippen molar-refractivity contribution in [2.24, 2.45) is 0 Å². The zero-order valence-electron chi connectivity index (χ0n) is 31.4. The molecule has 0 aromatic rings. The van der Waals surface area contributed by atoms with Crippen molar-refractivity contribution in [3.63, 3.8) is 0 Å². The van der Waals surface area contributed by atoms with Gasteiger partial charge in [0.05, 0.1) is 0 Å². The molecule has 256 valence electrons. The van der Waals surface area contributed by atoms with E-state index in [1.54, 1.807) is 0 Å². The van der Waals surface area contributed by atoms with Crippen LogP contribution in [0.2, 0.25) is 0 Å². The van der Waals surface area contributed by atoms with Gasteiger partial charge in [0.25, 0.3) is 0 Å². The molecule has 0 fully saturated rings. The fourth-order valence-corrected chi connectivity index (χ4v) is 7.84. The highest BCUT2D eigenvalue weighted by Gasteiger charge is 2.19. The third-order valence-electron chi connectivity index (χ3n) is 9.47. The van der Waals surface area contributed by atoms with Crippen LogP contribution in [0.25, 0.3) is 33.4 Å². The van der Waals surface area contributed by atoms with Crippen LogP contribution in [-0.4, -0.2) is 0 Å². The summed E-state index contributed by atoms with van der Waals surface area (Å²) in [7, 11) is 0. The smallest absolute Gasteiger partial charge is 0.0347 e. The molecule has 0 saturated heterocycles. The molecular weight excluding hydrogens is 854 g/mol. The van der Waals surface area contributed by atoms with Crippen molar-refractivity contribution in [1.82, 2.24) is 0 Å². The van der Waals surface area contributed by atoms with E-state index in [9.17, 15) is 0 Å². The fraction of sp³-hybridized carbons (Fsp3) is 0.240. The number of hydrogen-bond acceptors (Lipinski definition) is 0. The molecule has 2 heteroatoms. The lowest BCUT2D eigenvalue weighted by atomic mass is 9.88. The Labute approximate surface area is 338 Å². The maximum atomic E-state index is 3.37. The van der Waals surface area contributed by atoms with Crippen LogP contribution in [0.4, 0.5) is 0 Å². The molecule has 0 amide bonds. The first-order valence-corrected chi connectivity index (χ1v) is 19.7. The van der Waals surface area contributed by atoms with Crippen molar-refractivity contribution in [2.45, 2.75) is 78.6 Å². The molecule has 6 aliphatic carbocycles. The van der Waals surface area contributed by atoms with Crippen LogP contribution in [0.5, 0.6) is 0 Å². The Hall–Kier alpha value is -4.20. The van der Waals surface area contributed by atoms with Crippen molar-refractivity contribution in [2.75, 3.05) is 0 Å². The monoisotopic (exact) mass is 896 g/mol. The zero-order valence-corrected chi connectivity index (χ0v) is 35.7. The average Bonchev–Trinajstić information content (AvgIpc) is 3.38. The molecule has 0 aliphatic heterocycles. The highest BCUT2D eigenvalue weighted by molar-refractivity contribution is 14.1. The quantitative estimate of drug-likeness (QED) is 0.105. The van der Waals surface area contributed by atoms with Crippen LogP contribution in [0.15, 0.2) is 91.0 Å². The topological polar surface area (TPSA) is 0 Å². The summed E-state index contributed by atoms with van der Waals surface area (Å²) in [6, 6.07) is 32.9. The molecule has 52 heavy (non-hydrogen) atoms. The SMILES string of the molecule is CC(C)(C)c1ccc2c(I)cc(C#CC#Cc3cc(C#CC#Cc4cc(I)c5ccc(C(C)(C)C)ccc4-5)c4ccc(C(C)(C)C)ccc3-4)c-2cc1. The van der Waals surface area contributed by atoms with Gasteiger partial charge < -0.3 is 0 Å². The third kappa shape index (κ3) is 8.21. The van der Waals surface area contributed by atoms with E-state index < -0.39 is 0 Å². The van der Waals surface area contributed by atoms with Gasteiger partial charge in [-0.2, -0.15) is 0 Å². The maximum absolute atomic E-state index is 3.37. The molecule has 0 saturated carbocycles. The van der Waals surface area contributed by atoms with E-state index >= 15 is 0 Å². The molecule has 0 heterocycles. The summed E-state index contributed by atoms with van der Waals surface area (Å²) < 4.78 is 2.39. The van der Waals surface area contributed by atoms with Gasteiger partial charge in [0.2, 0.25) is 0 Å². The standard InChI is InChI=1S/C50H42I2/c1-48(2,3)37-18-24-40-33(14-10-12-16-35-31-46(51)44-28-22-38(49(4,5)6)20-26-42(35)44)30-34(41(40)25-19-37)15-11-13-17-36-32-47(52)45-29-23-39(50(7,8)9)21-27-43(36)45/h18-32H,1-9H3. The summed E-state index contributed by atoms with van der Waals surface area (Å²) in [5.74, 6) is 26.1. The fourth-order valence-electron chi connectivity index (χ4n) is 6.27. The van der Waals surface area contributed by atoms with Crippen LogP contribution < -0.4 is 0 Å². The highest BCUT2D eigenvalue weighted by atomic mass is 127. The second-order valence-corrected chi connectivity index (χ2v) is 18.7. The maximum Gasteiger partial charge on any atom is 0.0347 e. The van der Waals surface area contributed by atoms with Gasteiger partial charge in [-0.05, 0) is 153 Å². The first-order chi connectivity index (χ1) is 24.5. The summed E-state index contributed by atoms with van der Waals surface area (Å²) in [5, 5.41) is 0. The van der Waals surface area contributed by atoms with E-state index in [0.29, 0.717) is 0 Å². The van der Waals surface area contributed by atoms with E-state index in [2.05, 4.69) is 246 Å². The average molecular weight is 897 g/mol. The summed E-state index contributed by atoms with van der Waals surface area (Å²) >= 11 is 4.81. The van der Waals surface area contributed by atoms with Crippen molar-refractivity contribution in [3.8, 4) is 80.7 Å². The molecule has 0 aromatic heterocycles. The van der Waals surface area contributed by atoms with Gasteiger partial charge in [0.1, 0.15) is 0 Å². The largest absolute Gasteiger partial charge is 0.0579 e. The van der Waals surface area contributed by atoms with Crippen molar-refractivity contribution >= 4 is 45.2 Å². The Morgan fingerprint density at radius 1 is 0.327 bits per heavy atom. The van der Waals surface area contributed by atoms with E-state index in [0.717, 1.165) is 44.5 Å². The van der Waals surface area contributed by atoms with Crippen LogP contribution in [-0.2, 0) is 16.2 Å². The Balaban J connectivity index is 1.36. The molecule has 0 atom stereocenters. The second-order valence-electron chi connectivity index (χ2n) is 16.4. The van der Waals surface area contributed by atoms with Gasteiger partial charge in [0.15, 0.2) is 0 Å². The Kier molecular flexibility index (Phi) is 10.6. The predicted octanol–water partition coefficient (Wildman–Crippen LogP) is 12.9. The third-order valence-corrected chi connectivity index (χ3v) is 11.3. The van der Waals surface area contributed by atoms with Gasteiger partial charge in [0, 0.05) is 29.4 Å². The molecule has 0 unspecified atom stereocenters. The van der Waals surface area contributed by atoms with Crippen molar-refractivity contribution in [3.05, 3.63) is 137 Å². The molecule has 0 nitrogen and oxygen atoms in total. The second kappa shape index (κ2) is 14.7.